The van der Waals surface area contributed by atoms with Crippen LogP contribution in [0, 0.1) is 0 Å². The average molecular weight is 578 g/mol. The maximum absolute atomic E-state index is 13.0. The van der Waals surface area contributed by atoms with E-state index in [-0.39, 0.29) is 28.0 Å². The highest BCUT2D eigenvalue weighted by Crippen LogP contribution is 2.41. The third-order valence-electron chi connectivity index (χ3n) is 6.28. The molecule has 0 aromatic carbocycles. The lowest BCUT2D eigenvalue weighted by Crippen LogP contribution is -2.71. The van der Waals surface area contributed by atoms with E-state index in [1.165, 1.54) is 40.7 Å². The lowest BCUT2D eigenvalue weighted by Gasteiger charge is -2.50. The summed E-state index contributed by atoms with van der Waals surface area (Å²) in [6.07, 6.45) is 2.55. The number of aliphatic carboxylic acids is 1. The van der Waals surface area contributed by atoms with Gasteiger partial charge in [0.25, 0.3) is 11.8 Å². The van der Waals surface area contributed by atoms with Crippen molar-refractivity contribution in [1.82, 2.24) is 20.2 Å². The van der Waals surface area contributed by atoms with Crippen LogP contribution >= 0.6 is 34.9 Å². The van der Waals surface area contributed by atoms with E-state index in [1.807, 2.05) is 0 Å². The van der Waals surface area contributed by atoms with Gasteiger partial charge >= 0.3 is 5.16 Å². The monoisotopic (exact) mass is 577 g/mol. The molecule has 2 aliphatic heterocycles. The number of anilines is 2. The van der Waals surface area contributed by atoms with Crippen LogP contribution in [-0.2, 0) is 32.1 Å². The van der Waals surface area contributed by atoms with Crippen LogP contribution in [0.4, 0.5) is 10.9 Å². The molecule has 0 saturated carbocycles. The Balaban J connectivity index is 1.32. The first kappa shape index (κ1) is 26.1. The predicted octanol–water partition coefficient (Wildman–Crippen LogP) is -2.26. The number of thioether (sulfide) groups is 2. The summed E-state index contributed by atoms with van der Waals surface area (Å²) in [5.74, 6) is 4.40. The summed E-state index contributed by atoms with van der Waals surface area (Å²) in [7, 11) is 1.27. The van der Waals surface area contributed by atoms with Gasteiger partial charge in [0.1, 0.15) is 29.9 Å². The maximum atomic E-state index is 13.0. The van der Waals surface area contributed by atoms with Crippen molar-refractivity contribution in [2.24, 2.45) is 5.16 Å². The fourth-order valence-corrected chi connectivity index (χ4v) is 7.52. The van der Waals surface area contributed by atoms with E-state index >= 15 is 0 Å². The van der Waals surface area contributed by atoms with Crippen LogP contribution in [0.5, 0.6) is 0 Å². The molecule has 3 aliphatic rings. The highest BCUT2D eigenvalue weighted by molar-refractivity contribution is 8.01. The maximum Gasteiger partial charge on any atom is 0.385 e. The van der Waals surface area contributed by atoms with Gasteiger partial charge in [0.15, 0.2) is 10.8 Å². The van der Waals surface area contributed by atoms with E-state index in [0.29, 0.717) is 22.3 Å². The molecule has 0 unspecified atom stereocenters. The van der Waals surface area contributed by atoms with Gasteiger partial charge < -0.3 is 31.5 Å². The SMILES string of the molecule is CO/N=C(\C(=O)N[C@@H]1C(=O)N2C(C(=O)[O-])=C(CSc3nc(N)c4c([n+]3N)CCC4)CS[C@H]12)c1csc(N)n1. The van der Waals surface area contributed by atoms with Gasteiger partial charge in [-0.25, -0.2) is 4.98 Å². The van der Waals surface area contributed by atoms with Gasteiger partial charge in [-0.05, 0) is 35.2 Å². The van der Waals surface area contributed by atoms with Gasteiger partial charge in [-0.2, -0.15) is 0 Å². The lowest BCUT2D eigenvalue weighted by molar-refractivity contribution is -0.689. The molecule has 200 valence electrons. The molecule has 2 aromatic heterocycles. The van der Waals surface area contributed by atoms with Crippen LogP contribution in [-0.4, -0.2) is 68.4 Å². The average Bonchev–Trinajstić information content (AvgIpc) is 3.56. The summed E-state index contributed by atoms with van der Waals surface area (Å²) >= 11 is 3.68. The Morgan fingerprint density at radius 2 is 2.16 bits per heavy atom. The van der Waals surface area contributed by atoms with Gasteiger partial charge in [-0.3, -0.25) is 20.3 Å². The van der Waals surface area contributed by atoms with Crippen LogP contribution in [0.3, 0.4) is 0 Å². The number of carbonyl (C=O) groups is 3. The number of β-lactam (4-membered cyclic amide) rings is 1. The van der Waals surface area contributed by atoms with Crippen LogP contribution in [0.25, 0.3) is 0 Å². The number of oxime groups is 1. The van der Waals surface area contributed by atoms with Crippen molar-refractivity contribution in [3.63, 3.8) is 0 Å². The number of carbonyl (C=O) groups excluding carboxylic acids is 3. The number of nitrogens with zero attached hydrogens (tertiary/aromatic N) is 5. The van der Waals surface area contributed by atoms with Crippen molar-refractivity contribution in [1.29, 1.82) is 0 Å². The van der Waals surface area contributed by atoms with Crippen LogP contribution in [0.2, 0.25) is 0 Å². The minimum absolute atomic E-state index is 0.156. The predicted molar refractivity (Wildman–Crippen MR) is 139 cm³/mol. The second-order valence-corrected chi connectivity index (χ2v) is 11.4. The number of nitrogen functional groups attached to an aromatic ring is 3. The Kier molecular flexibility index (Phi) is 7.06. The molecular formula is C21H23N9O5S3. The van der Waals surface area contributed by atoms with Crippen LogP contribution < -0.4 is 32.4 Å². The minimum Gasteiger partial charge on any atom is -0.543 e. The van der Waals surface area contributed by atoms with Gasteiger partial charge in [0.05, 0.1) is 17.2 Å². The first-order chi connectivity index (χ1) is 18.2. The van der Waals surface area contributed by atoms with Gasteiger partial charge in [-0.1, -0.05) is 5.16 Å². The molecular weight excluding hydrogens is 554 g/mol. The number of amides is 2. The van der Waals surface area contributed by atoms with E-state index < -0.39 is 29.2 Å². The largest absolute Gasteiger partial charge is 0.543 e. The summed E-state index contributed by atoms with van der Waals surface area (Å²) < 4.78 is 1.50. The minimum atomic E-state index is -1.48. The normalized spacial score (nSPS) is 20.6. The molecule has 1 fully saturated rings. The van der Waals surface area contributed by atoms with E-state index in [9.17, 15) is 19.5 Å². The Hall–Kier alpha value is -3.57. The van der Waals surface area contributed by atoms with Gasteiger partial charge in [-0.15, -0.1) is 27.8 Å². The van der Waals surface area contributed by atoms with Crippen molar-refractivity contribution in [3.8, 4) is 0 Å². The highest BCUT2D eigenvalue weighted by Gasteiger charge is 2.53. The summed E-state index contributed by atoms with van der Waals surface area (Å²) in [5, 5.41) is 20.0. The fourth-order valence-electron chi connectivity index (χ4n) is 4.55. The number of thiazole rings is 1. The molecule has 2 amide bonds. The highest BCUT2D eigenvalue weighted by atomic mass is 32.2. The number of carboxylic acids is 1. The molecule has 2 aromatic rings. The van der Waals surface area contributed by atoms with E-state index in [2.05, 4.69) is 20.4 Å². The molecule has 5 rings (SSSR count). The van der Waals surface area contributed by atoms with Gasteiger partial charge in [0.2, 0.25) is 5.82 Å². The molecule has 14 nitrogen and oxygen atoms in total. The molecule has 7 N–H and O–H groups in total. The molecule has 4 heterocycles. The number of nitrogens with two attached hydrogens (primary N) is 3. The van der Waals surface area contributed by atoms with Gasteiger partial charge in [0, 0.05) is 23.3 Å². The molecule has 2 atom stereocenters. The molecule has 1 aliphatic carbocycles. The van der Waals surface area contributed by atoms with Crippen molar-refractivity contribution >= 4 is 69.3 Å². The molecule has 38 heavy (non-hydrogen) atoms. The molecule has 0 spiro atoms. The van der Waals surface area contributed by atoms with Crippen LogP contribution in [0.15, 0.2) is 27.0 Å². The smallest absolute Gasteiger partial charge is 0.385 e. The first-order valence-corrected chi connectivity index (χ1v) is 14.2. The number of aromatic nitrogens is 3. The number of hydrogen-bond donors (Lipinski definition) is 4. The quantitative estimate of drug-likeness (QED) is 0.0497. The number of fused-ring (bicyclic) bond motifs is 2. The zero-order valence-electron chi connectivity index (χ0n) is 20.0. The Morgan fingerprint density at radius 3 is 2.84 bits per heavy atom. The van der Waals surface area contributed by atoms with Crippen molar-refractivity contribution < 1.29 is 29.0 Å². The summed E-state index contributed by atoms with van der Waals surface area (Å²) in [4.78, 5) is 52.3. The third kappa shape index (κ3) is 4.49. The Labute approximate surface area is 228 Å². The Morgan fingerprint density at radius 1 is 1.37 bits per heavy atom. The number of rotatable bonds is 8. The zero-order chi connectivity index (χ0) is 27.1. The van der Waals surface area contributed by atoms with E-state index in [1.54, 1.807) is 0 Å². The molecule has 0 radical (unpaired) electrons. The zero-order valence-corrected chi connectivity index (χ0v) is 22.5. The van der Waals surface area contributed by atoms with Crippen molar-refractivity contribution in [2.75, 3.05) is 35.9 Å². The Bertz CT molecular complexity index is 1410. The second-order valence-electron chi connectivity index (χ2n) is 8.51. The number of nitrogens with one attached hydrogen (secondary N) is 1. The first-order valence-electron chi connectivity index (χ1n) is 11.3. The number of carboxylic acid groups (broad SMARTS) is 1. The third-order valence-corrected chi connectivity index (χ3v) is 9.33. The van der Waals surface area contributed by atoms with Crippen molar-refractivity contribution in [2.45, 2.75) is 35.8 Å². The standard InChI is InChI=1S/C21H23N9O5S3/c1-35-28-12(10-7-37-20(23)25-10)16(31)26-13-17(32)29-14(19(33)34)8(5-36-18(13)29)6-38-21-27-15(22)9-3-2-4-11(9)30(21)24/h7,13,18,22H,2-6,24H2,1H3,(H4,23,25,26,31,33,34)/b28-12-/t13-,18-/m1/s1. The topological polar surface area (TPSA) is 219 Å². The second kappa shape index (κ2) is 10.3. The lowest BCUT2D eigenvalue weighted by atomic mass is 10.0. The fraction of sp³-hybridized carbons (Fsp3) is 0.381. The summed E-state index contributed by atoms with van der Waals surface area (Å²) in [6, 6.07) is -0.974. The summed E-state index contributed by atoms with van der Waals surface area (Å²) in [6.45, 7) is 0. The van der Waals surface area contributed by atoms with Crippen molar-refractivity contribution in [3.05, 3.63) is 33.6 Å². The molecule has 17 heteroatoms. The van der Waals surface area contributed by atoms with E-state index in [4.69, 9.17) is 22.1 Å². The molecule has 1 saturated heterocycles. The summed E-state index contributed by atoms with van der Waals surface area (Å²) in [5.41, 5.74) is 13.9. The number of hydrogen-bond acceptors (Lipinski definition) is 14. The molecule has 0 bridgehead atoms. The van der Waals surface area contributed by atoms with E-state index in [0.717, 1.165) is 46.8 Å². The van der Waals surface area contributed by atoms with Crippen LogP contribution in [0.1, 0.15) is 23.4 Å².